The highest BCUT2D eigenvalue weighted by Crippen LogP contribution is 2.40. The van der Waals surface area contributed by atoms with Crippen molar-refractivity contribution in [3.8, 4) is 0 Å². The van der Waals surface area contributed by atoms with Crippen molar-refractivity contribution < 1.29 is 9.32 Å². The van der Waals surface area contributed by atoms with Crippen LogP contribution in [0.5, 0.6) is 0 Å². The van der Waals surface area contributed by atoms with E-state index in [1.54, 1.807) is 0 Å². The van der Waals surface area contributed by atoms with Gasteiger partial charge in [0.1, 0.15) is 5.76 Å². The third-order valence-corrected chi connectivity index (χ3v) is 6.34. The molecule has 0 bridgehead atoms. The van der Waals surface area contributed by atoms with Crippen LogP contribution < -0.4 is 0 Å². The molecule has 2 saturated heterocycles. The molecule has 2 aliphatic rings. The van der Waals surface area contributed by atoms with E-state index in [2.05, 4.69) is 28.8 Å². The number of amides is 1. The third kappa shape index (κ3) is 3.10. The molecule has 0 unspecified atom stereocenters. The molecule has 5 heteroatoms. The van der Waals surface area contributed by atoms with Crippen molar-refractivity contribution in [2.75, 3.05) is 13.1 Å². The molecule has 3 rings (SSSR count). The summed E-state index contributed by atoms with van der Waals surface area (Å²) in [5.74, 6) is 1.14. The number of hydrogen-bond acceptors (Lipinski definition) is 4. The van der Waals surface area contributed by atoms with Crippen molar-refractivity contribution in [2.24, 2.45) is 0 Å². The molecule has 5 nitrogen and oxygen atoms in total. The molecule has 1 spiro atoms. The first-order valence-electron chi connectivity index (χ1n) is 9.43. The quantitative estimate of drug-likeness (QED) is 0.847. The van der Waals surface area contributed by atoms with Gasteiger partial charge < -0.3 is 14.3 Å². The van der Waals surface area contributed by atoms with E-state index in [-0.39, 0.29) is 5.54 Å². The molecule has 24 heavy (non-hydrogen) atoms. The number of likely N-dealkylation sites (tertiary alicyclic amines) is 2. The minimum atomic E-state index is 0.0371. The molecule has 1 aromatic rings. The van der Waals surface area contributed by atoms with Gasteiger partial charge in [-0.2, -0.15) is 0 Å². The molecule has 2 atom stereocenters. The lowest BCUT2D eigenvalue weighted by atomic mass is 9.87. The first-order chi connectivity index (χ1) is 11.5. The van der Waals surface area contributed by atoms with Crippen LogP contribution in [0.3, 0.4) is 0 Å². The van der Waals surface area contributed by atoms with Crippen LogP contribution in [0.2, 0.25) is 0 Å². The summed E-state index contributed by atoms with van der Waals surface area (Å²) in [6.45, 7) is 11.4. The molecule has 0 radical (unpaired) electrons. The number of aromatic nitrogens is 1. The summed E-state index contributed by atoms with van der Waals surface area (Å²) in [7, 11) is 0. The van der Waals surface area contributed by atoms with Gasteiger partial charge in [-0.15, -0.1) is 0 Å². The highest BCUT2D eigenvalue weighted by atomic mass is 16.5. The molecular weight excluding hydrogens is 302 g/mol. The van der Waals surface area contributed by atoms with Gasteiger partial charge in [-0.25, -0.2) is 0 Å². The summed E-state index contributed by atoms with van der Waals surface area (Å²) in [6.07, 6.45) is 6.27. The summed E-state index contributed by atoms with van der Waals surface area (Å²) in [5.41, 5.74) is 2.04. The van der Waals surface area contributed by atoms with E-state index in [1.165, 1.54) is 12.8 Å². The van der Waals surface area contributed by atoms with Gasteiger partial charge >= 0.3 is 0 Å². The third-order valence-electron chi connectivity index (χ3n) is 6.34. The number of nitrogens with zero attached hydrogens (tertiary/aromatic N) is 3. The fourth-order valence-corrected chi connectivity index (χ4v) is 4.43. The minimum absolute atomic E-state index is 0.0371. The van der Waals surface area contributed by atoms with Crippen LogP contribution in [0.4, 0.5) is 0 Å². The van der Waals surface area contributed by atoms with Crippen LogP contribution >= 0.6 is 0 Å². The number of aryl methyl sites for hydroxylation is 2. The molecule has 134 valence electrons. The molecule has 0 aliphatic carbocycles. The van der Waals surface area contributed by atoms with Gasteiger partial charge in [0.15, 0.2) is 0 Å². The normalized spacial score (nSPS) is 27.0. The number of carbonyl (C=O) groups is 1. The van der Waals surface area contributed by atoms with Crippen LogP contribution in [0.25, 0.3) is 0 Å². The van der Waals surface area contributed by atoms with Crippen molar-refractivity contribution in [3.63, 3.8) is 0 Å². The monoisotopic (exact) mass is 333 g/mol. The van der Waals surface area contributed by atoms with E-state index in [9.17, 15) is 4.79 Å². The fourth-order valence-electron chi connectivity index (χ4n) is 4.43. The van der Waals surface area contributed by atoms with Gasteiger partial charge in [-0.05, 0) is 59.4 Å². The highest BCUT2D eigenvalue weighted by molar-refractivity contribution is 5.79. The van der Waals surface area contributed by atoms with Crippen LogP contribution in [0.1, 0.15) is 69.4 Å². The van der Waals surface area contributed by atoms with Crippen molar-refractivity contribution >= 4 is 5.91 Å². The Bertz CT molecular complexity index is 578. The van der Waals surface area contributed by atoms with E-state index in [1.807, 2.05) is 13.8 Å². The highest BCUT2D eigenvalue weighted by Gasteiger charge is 2.46. The second kappa shape index (κ2) is 6.87. The first kappa shape index (κ1) is 17.5. The second-order valence-electron chi connectivity index (χ2n) is 7.65. The van der Waals surface area contributed by atoms with Gasteiger partial charge in [0.2, 0.25) is 5.91 Å². The standard InChI is InChI=1S/C19H31N3O2/c1-5-14(2)21-11-6-8-19(10-12-21)9-7-18(23)22(19)13-17-15(3)20-24-16(17)4/h14H,5-13H2,1-4H3/t14-,19-/m1/s1. The molecule has 3 heterocycles. The zero-order valence-electron chi connectivity index (χ0n) is 15.6. The molecule has 0 saturated carbocycles. The second-order valence-corrected chi connectivity index (χ2v) is 7.65. The molecule has 0 N–H and O–H groups in total. The fraction of sp³-hybridized carbons (Fsp3) is 0.789. The average molecular weight is 333 g/mol. The molecule has 1 amide bonds. The Hall–Kier alpha value is -1.36. The smallest absolute Gasteiger partial charge is 0.223 e. The predicted molar refractivity (Wildman–Crippen MR) is 93.7 cm³/mol. The lowest BCUT2D eigenvalue weighted by Crippen LogP contribution is -2.46. The van der Waals surface area contributed by atoms with Crippen LogP contribution in [0, 0.1) is 13.8 Å². The Kier molecular flexibility index (Phi) is 5.00. The Morgan fingerprint density at radius 2 is 2.04 bits per heavy atom. The first-order valence-corrected chi connectivity index (χ1v) is 9.43. The minimum Gasteiger partial charge on any atom is -0.361 e. The van der Waals surface area contributed by atoms with E-state index >= 15 is 0 Å². The lowest BCUT2D eigenvalue weighted by molar-refractivity contribution is -0.132. The van der Waals surface area contributed by atoms with Crippen LogP contribution in [-0.2, 0) is 11.3 Å². The van der Waals surface area contributed by atoms with E-state index < -0.39 is 0 Å². The number of hydrogen-bond donors (Lipinski definition) is 0. The maximum Gasteiger partial charge on any atom is 0.223 e. The SMILES string of the molecule is CC[C@@H](C)N1CCC[C@@]2(CCC(=O)N2Cc2c(C)noc2C)CC1. The maximum atomic E-state index is 12.6. The number of rotatable bonds is 4. The van der Waals surface area contributed by atoms with E-state index in [0.29, 0.717) is 24.9 Å². The molecule has 1 aromatic heterocycles. The van der Waals surface area contributed by atoms with Crippen molar-refractivity contribution in [3.05, 3.63) is 17.0 Å². The van der Waals surface area contributed by atoms with Crippen LogP contribution in [-0.4, -0.2) is 45.5 Å². The number of carbonyl (C=O) groups excluding carboxylic acids is 1. The summed E-state index contributed by atoms with van der Waals surface area (Å²) in [4.78, 5) is 17.4. The predicted octanol–water partition coefficient (Wildman–Crippen LogP) is 3.44. The van der Waals surface area contributed by atoms with Gasteiger partial charge in [0.25, 0.3) is 0 Å². The van der Waals surface area contributed by atoms with Crippen LogP contribution in [0.15, 0.2) is 4.52 Å². The summed E-state index contributed by atoms with van der Waals surface area (Å²) in [6, 6.07) is 0.633. The Balaban J connectivity index is 1.79. The van der Waals surface area contributed by atoms with Gasteiger partial charge in [0, 0.05) is 30.1 Å². The summed E-state index contributed by atoms with van der Waals surface area (Å²) >= 11 is 0. The van der Waals surface area contributed by atoms with Crippen molar-refractivity contribution in [1.82, 2.24) is 15.0 Å². The average Bonchev–Trinajstić information content (AvgIpc) is 2.94. The van der Waals surface area contributed by atoms with Crippen molar-refractivity contribution in [2.45, 2.75) is 84.3 Å². The Labute approximate surface area is 145 Å². The van der Waals surface area contributed by atoms with Gasteiger partial charge in [0.05, 0.1) is 12.2 Å². The maximum absolute atomic E-state index is 12.6. The van der Waals surface area contributed by atoms with Crippen molar-refractivity contribution in [1.29, 1.82) is 0 Å². The van der Waals surface area contributed by atoms with E-state index in [4.69, 9.17) is 4.52 Å². The molecule has 2 aliphatic heterocycles. The molecule has 0 aromatic carbocycles. The Morgan fingerprint density at radius 1 is 1.25 bits per heavy atom. The van der Waals surface area contributed by atoms with Gasteiger partial charge in [-0.3, -0.25) is 4.79 Å². The zero-order valence-corrected chi connectivity index (χ0v) is 15.6. The summed E-state index contributed by atoms with van der Waals surface area (Å²) < 4.78 is 5.31. The molecule has 2 fully saturated rings. The lowest BCUT2D eigenvalue weighted by Gasteiger charge is -2.38. The van der Waals surface area contributed by atoms with Gasteiger partial charge in [-0.1, -0.05) is 12.1 Å². The topological polar surface area (TPSA) is 49.6 Å². The Morgan fingerprint density at radius 3 is 2.71 bits per heavy atom. The molecular formula is C19H31N3O2. The summed E-state index contributed by atoms with van der Waals surface area (Å²) in [5, 5.41) is 4.06. The zero-order chi connectivity index (χ0) is 17.3. The largest absolute Gasteiger partial charge is 0.361 e. The van der Waals surface area contributed by atoms with E-state index in [0.717, 1.165) is 49.4 Å².